The zero-order chi connectivity index (χ0) is 24.8. The molecule has 0 atom stereocenters. The van der Waals surface area contributed by atoms with Crippen LogP contribution in [0, 0.1) is 0 Å². The van der Waals surface area contributed by atoms with Gasteiger partial charge in [-0.3, -0.25) is 9.59 Å². The van der Waals surface area contributed by atoms with Crippen molar-refractivity contribution in [1.82, 2.24) is 5.32 Å². The molecule has 178 valence electrons. The van der Waals surface area contributed by atoms with Crippen molar-refractivity contribution in [3.63, 3.8) is 0 Å². The molecule has 3 aromatic rings. The smallest absolute Gasteiger partial charge is 0.338 e. The van der Waals surface area contributed by atoms with Crippen molar-refractivity contribution in [3.8, 4) is 11.5 Å². The normalized spacial score (nSPS) is 12.1. The molecule has 1 aliphatic heterocycles. The van der Waals surface area contributed by atoms with Crippen molar-refractivity contribution in [2.24, 2.45) is 0 Å². The number of ether oxygens (including phenoxy) is 3. The van der Waals surface area contributed by atoms with Crippen molar-refractivity contribution in [2.75, 3.05) is 18.7 Å². The van der Waals surface area contributed by atoms with Crippen molar-refractivity contribution in [1.29, 1.82) is 0 Å². The van der Waals surface area contributed by atoms with Gasteiger partial charge in [-0.05, 0) is 83.0 Å². The Bertz CT molecular complexity index is 1300. The van der Waals surface area contributed by atoms with E-state index < -0.39 is 17.8 Å². The average molecular weight is 537 g/mol. The maximum atomic E-state index is 13.2. The molecule has 0 saturated carbocycles. The van der Waals surface area contributed by atoms with Gasteiger partial charge in [-0.15, -0.1) is 0 Å². The number of esters is 1. The average Bonchev–Trinajstić information content (AvgIpc) is 3.32. The summed E-state index contributed by atoms with van der Waals surface area (Å²) in [6, 6.07) is 18.4. The number of carbonyl (C=O) groups is 3. The maximum absolute atomic E-state index is 13.2. The third-order valence-corrected chi connectivity index (χ3v) is 5.66. The summed E-state index contributed by atoms with van der Waals surface area (Å²) in [6.07, 6.45) is 1.54. The number of nitrogens with one attached hydrogen (secondary N) is 2. The molecule has 2 amide bonds. The first-order valence-corrected chi connectivity index (χ1v) is 11.5. The van der Waals surface area contributed by atoms with Crippen LogP contribution in [0.15, 0.2) is 76.9 Å². The van der Waals surface area contributed by atoms with Gasteiger partial charge in [-0.2, -0.15) is 0 Å². The summed E-state index contributed by atoms with van der Waals surface area (Å²) < 4.78 is 16.3. The lowest BCUT2D eigenvalue weighted by molar-refractivity contribution is -0.113. The number of hydrogen-bond donors (Lipinski definition) is 2. The molecule has 3 aromatic carbocycles. The van der Waals surface area contributed by atoms with Gasteiger partial charge in [0.1, 0.15) is 5.70 Å². The molecule has 9 heteroatoms. The summed E-state index contributed by atoms with van der Waals surface area (Å²) in [7, 11) is 0. The fourth-order valence-electron chi connectivity index (χ4n) is 3.27. The summed E-state index contributed by atoms with van der Waals surface area (Å²) in [4.78, 5) is 38.0. The number of benzene rings is 3. The zero-order valence-electron chi connectivity index (χ0n) is 18.7. The summed E-state index contributed by atoms with van der Waals surface area (Å²) in [5.74, 6) is -0.309. The quantitative estimate of drug-likeness (QED) is 0.333. The molecule has 1 aliphatic rings. The van der Waals surface area contributed by atoms with Crippen molar-refractivity contribution < 1.29 is 28.6 Å². The topological polar surface area (TPSA) is 103 Å². The molecular formula is C26H21BrN2O6. The highest BCUT2D eigenvalue weighted by Crippen LogP contribution is 2.33. The number of carbonyl (C=O) groups excluding carboxylic acids is 3. The van der Waals surface area contributed by atoms with Gasteiger partial charge in [0.05, 0.1) is 17.7 Å². The first-order chi connectivity index (χ1) is 16.9. The molecule has 0 aliphatic carbocycles. The van der Waals surface area contributed by atoms with Gasteiger partial charge >= 0.3 is 5.97 Å². The minimum atomic E-state index is -0.549. The molecule has 2 N–H and O–H groups in total. The lowest BCUT2D eigenvalue weighted by Crippen LogP contribution is -2.31. The fraction of sp³-hybridized carbons (Fsp3) is 0.115. The van der Waals surface area contributed by atoms with E-state index in [2.05, 4.69) is 26.6 Å². The summed E-state index contributed by atoms with van der Waals surface area (Å²) >= 11 is 3.36. The Morgan fingerprint density at radius 1 is 1.00 bits per heavy atom. The number of halogens is 1. The standard InChI is InChI=1S/C26H21BrN2O6/c1-2-33-26(32)17-8-10-18(11-9-17)28-25(31)21(29-24(30)19-5-3-4-6-20(19)27)13-16-7-12-22-23(14-16)35-15-34-22/h3-14H,2,15H2,1H3,(H,28,31)(H,29,30)/b21-13+. The number of anilines is 1. The summed E-state index contributed by atoms with van der Waals surface area (Å²) in [5.41, 5.74) is 1.82. The van der Waals surface area contributed by atoms with Gasteiger partial charge in [0.25, 0.3) is 11.8 Å². The van der Waals surface area contributed by atoms with Crippen LogP contribution in [0.5, 0.6) is 11.5 Å². The molecule has 0 bridgehead atoms. The predicted molar refractivity (Wildman–Crippen MR) is 133 cm³/mol. The van der Waals surface area contributed by atoms with Crippen LogP contribution >= 0.6 is 15.9 Å². The van der Waals surface area contributed by atoms with Crippen LogP contribution in [0.2, 0.25) is 0 Å². The van der Waals surface area contributed by atoms with E-state index in [9.17, 15) is 14.4 Å². The second-order valence-corrected chi connectivity index (χ2v) is 8.21. The molecule has 8 nitrogen and oxygen atoms in total. The van der Waals surface area contributed by atoms with Crippen LogP contribution in [-0.4, -0.2) is 31.2 Å². The number of rotatable bonds is 7. The minimum Gasteiger partial charge on any atom is -0.462 e. The van der Waals surface area contributed by atoms with Gasteiger partial charge in [0.15, 0.2) is 11.5 Å². The Labute approximate surface area is 210 Å². The van der Waals surface area contributed by atoms with E-state index in [4.69, 9.17) is 14.2 Å². The first kappa shape index (κ1) is 24.0. The van der Waals surface area contributed by atoms with Crippen LogP contribution in [-0.2, 0) is 9.53 Å². The van der Waals surface area contributed by atoms with Crippen molar-refractivity contribution in [2.45, 2.75) is 6.92 Å². The monoisotopic (exact) mass is 536 g/mol. The Balaban J connectivity index is 1.59. The van der Waals surface area contributed by atoms with E-state index in [1.807, 2.05) is 0 Å². The Kier molecular flexibility index (Phi) is 7.47. The zero-order valence-corrected chi connectivity index (χ0v) is 20.3. The Morgan fingerprint density at radius 2 is 1.74 bits per heavy atom. The second-order valence-electron chi connectivity index (χ2n) is 7.36. The highest BCUT2D eigenvalue weighted by atomic mass is 79.9. The van der Waals surface area contributed by atoms with Gasteiger partial charge in [0, 0.05) is 10.2 Å². The first-order valence-electron chi connectivity index (χ1n) is 10.7. The molecule has 0 spiro atoms. The maximum Gasteiger partial charge on any atom is 0.338 e. The van der Waals surface area contributed by atoms with Crippen molar-refractivity contribution >= 4 is 45.5 Å². The van der Waals surface area contributed by atoms with Crippen LogP contribution in [0.4, 0.5) is 5.69 Å². The van der Waals surface area contributed by atoms with E-state index in [1.54, 1.807) is 79.7 Å². The predicted octanol–water partition coefficient (Wildman–Crippen LogP) is 4.76. The summed E-state index contributed by atoms with van der Waals surface area (Å²) in [6.45, 7) is 2.11. The van der Waals surface area contributed by atoms with Crippen LogP contribution < -0.4 is 20.1 Å². The van der Waals surface area contributed by atoms with E-state index in [-0.39, 0.29) is 19.1 Å². The number of hydrogen-bond acceptors (Lipinski definition) is 6. The Morgan fingerprint density at radius 3 is 2.49 bits per heavy atom. The van der Waals surface area contributed by atoms with Gasteiger partial charge in [-0.1, -0.05) is 18.2 Å². The Hall–Kier alpha value is -4.11. The molecule has 0 unspecified atom stereocenters. The van der Waals surface area contributed by atoms with Crippen LogP contribution in [0.3, 0.4) is 0 Å². The molecular weight excluding hydrogens is 516 g/mol. The largest absolute Gasteiger partial charge is 0.462 e. The summed E-state index contributed by atoms with van der Waals surface area (Å²) in [5, 5.41) is 5.43. The van der Waals surface area contributed by atoms with E-state index in [0.29, 0.717) is 38.3 Å². The highest BCUT2D eigenvalue weighted by Gasteiger charge is 2.18. The third-order valence-electron chi connectivity index (χ3n) is 4.97. The molecule has 0 fully saturated rings. The van der Waals surface area contributed by atoms with Gasteiger partial charge in [0.2, 0.25) is 6.79 Å². The second kappa shape index (κ2) is 10.9. The van der Waals surface area contributed by atoms with Gasteiger partial charge in [-0.25, -0.2) is 4.79 Å². The van der Waals surface area contributed by atoms with E-state index >= 15 is 0 Å². The van der Waals surface area contributed by atoms with Gasteiger partial charge < -0.3 is 24.8 Å². The van der Waals surface area contributed by atoms with Crippen molar-refractivity contribution in [3.05, 3.63) is 93.6 Å². The lowest BCUT2D eigenvalue weighted by atomic mass is 10.1. The van der Waals surface area contributed by atoms with E-state index in [1.165, 1.54) is 0 Å². The third kappa shape index (κ3) is 5.88. The van der Waals surface area contributed by atoms with Crippen LogP contribution in [0.25, 0.3) is 6.08 Å². The molecule has 0 aromatic heterocycles. The number of amides is 2. The van der Waals surface area contributed by atoms with E-state index in [0.717, 1.165) is 0 Å². The molecule has 0 saturated heterocycles. The molecule has 0 radical (unpaired) electrons. The number of fused-ring (bicyclic) bond motifs is 1. The SMILES string of the molecule is CCOC(=O)c1ccc(NC(=O)/C(=C\c2ccc3c(c2)OCO3)NC(=O)c2ccccc2Br)cc1. The lowest BCUT2D eigenvalue weighted by Gasteiger charge is -2.12. The fourth-order valence-corrected chi connectivity index (χ4v) is 3.73. The molecule has 1 heterocycles. The molecule has 4 rings (SSSR count). The molecule has 35 heavy (non-hydrogen) atoms. The highest BCUT2D eigenvalue weighted by molar-refractivity contribution is 9.10. The minimum absolute atomic E-state index is 0.0130. The van der Waals surface area contributed by atoms with Crippen LogP contribution in [0.1, 0.15) is 33.2 Å².